The highest BCUT2D eigenvalue weighted by molar-refractivity contribution is 7.25. The summed E-state index contributed by atoms with van der Waals surface area (Å²) < 4.78 is 2.56. The van der Waals surface area contributed by atoms with E-state index in [1.165, 1.54) is 75.8 Å². The van der Waals surface area contributed by atoms with Crippen molar-refractivity contribution in [2.24, 2.45) is 0 Å². The largest absolute Gasteiger partial charge is 0.228 e. The lowest BCUT2D eigenvalue weighted by molar-refractivity contribution is 0.563. The molecule has 12 rings (SSSR count). The smallest absolute Gasteiger partial charge is 0.160 e. The zero-order valence-corrected chi connectivity index (χ0v) is 33.6. The molecule has 0 unspecified atom stereocenters. The third-order valence-corrected chi connectivity index (χ3v) is 14.1. The predicted octanol–water partition coefficient (Wildman–Crippen LogP) is 14.5. The highest BCUT2D eigenvalue weighted by Gasteiger charge is 2.53. The molecule has 59 heavy (non-hydrogen) atoms. The van der Waals surface area contributed by atoms with Gasteiger partial charge in [0.15, 0.2) is 5.82 Å². The van der Waals surface area contributed by atoms with Gasteiger partial charge in [-0.1, -0.05) is 184 Å². The summed E-state index contributed by atoms with van der Waals surface area (Å²) >= 11 is 1.83. The average molecular weight is 771 g/mol. The van der Waals surface area contributed by atoms with Gasteiger partial charge in [-0.2, -0.15) is 0 Å². The van der Waals surface area contributed by atoms with Crippen molar-refractivity contribution in [3.63, 3.8) is 0 Å². The molecule has 0 atom stereocenters. The van der Waals surface area contributed by atoms with Crippen molar-refractivity contribution in [1.82, 2.24) is 9.97 Å². The fourth-order valence-electron chi connectivity index (χ4n) is 10.2. The topological polar surface area (TPSA) is 25.8 Å². The minimum atomic E-state index is -0.422. The van der Waals surface area contributed by atoms with Gasteiger partial charge < -0.3 is 0 Å². The minimum Gasteiger partial charge on any atom is -0.228 e. The number of fused-ring (bicyclic) bond motifs is 12. The van der Waals surface area contributed by atoms with E-state index in [1.54, 1.807) is 0 Å². The Bertz CT molecular complexity index is 3250. The summed E-state index contributed by atoms with van der Waals surface area (Å²) in [7, 11) is 0. The van der Waals surface area contributed by atoms with Crippen LogP contribution >= 0.6 is 11.3 Å². The summed E-state index contributed by atoms with van der Waals surface area (Å²) in [6.07, 6.45) is 0. The van der Waals surface area contributed by atoms with E-state index in [-0.39, 0.29) is 5.41 Å². The van der Waals surface area contributed by atoms with Crippen LogP contribution in [0.5, 0.6) is 0 Å². The quantitative estimate of drug-likeness (QED) is 0.178. The van der Waals surface area contributed by atoms with Gasteiger partial charge in [0.2, 0.25) is 0 Å². The van der Waals surface area contributed by atoms with Crippen LogP contribution in [0.25, 0.3) is 76.3 Å². The first-order valence-electron chi connectivity index (χ1n) is 20.4. The zero-order valence-electron chi connectivity index (χ0n) is 32.8. The Kier molecular flexibility index (Phi) is 7.39. The second-order valence-corrected chi connectivity index (χ2v) is 17.6. The first-order chi connectivity index (χ1) is 29.0. The molecule has 2 aliphatic carbocycles. The molecule has 1 spiro atoms. The summed E-state index contributed by atoms with van der Waals surface area (Å²) in [6, 6.07) is 71.3. The van der Waals surface area contributed by atoms with Gasteiger partial charge in [0.05, 0.1) is 16.8 Å². The highest BCUT2D eigenvalue weighted by Crippen LogP contribution is 2.62. The second-order valence-electron chi connectivity index (χ2n) is 16.5. The van der Waals surface area contributed by atoms with Crippen LogP contribution in [-0.2, 0) is 10.8 Å². The molecule has 2 nitrogen and oxygen atoms in total. The van der Waals surface area contributed by atoms with E-state index in [0.29, 0.717) is 0 Å². The van der Waals surface area contributed by atoms with Crippen molar-refractivity contribution in [1.29, 1.82) is 0 Å². The van der Waals surface area contributed by atoms with Crippen LogP contribution in [0, 0.1) is 0 Å². The Labute approximate surface area is 348 Å². The van der Waals surface area contributed by atoms with Crippen LogP contribution in [0.4, 0.5) is 0 Å². The van der Waals surface area contributed by atoms with E-state index in [4.69, 9.17) is 9.97 Å². The molecule has 0 radical (unpaired) electrons. The van der Waals surface area contributed by atoms with Gasteiger partial charge >= 0.3 is 0 Å². The Morgan fingerprint density at radius 2 is 0.898 bits per heavy atom. The van der Waals surface area contributed by atoms with Crippen molar-refractivity contribution in [2.75, 3.05) is 0 Å². The number of hydrogen-bond acceptors (Lipinski definition) is 3. The van der Waals surface area contributed by atoms with E-state index in [2.05, 4.69) is 190 Å². The number of benzene rings is 8. The van der Waals surface area contributed by atoms with Gasteiger partial charge in [0, 0.05) is 42.3 Å². The van der Waals surface area contributed by atoms with Crippen LogP contribution < -0.4 is 0 Å². The standard InChI is InChI=1S/C56H38N2S/c1-55(2)45-19-9-11-21-47(45)56(48-22-12-10-20-46(48)55)44-18-8-6-16-40(44)41-30-28-38(32-49(41)56)35-24-26-36(27-25-35)50-34-51(58-54(57-50)37-14-4-3-5-15-37)39-29-31-43-42-17-7-13-23-52(42)59-53(43)33-39/h3-34H,1-2H3. The minimum absolute atomic E-state index is 0.129. The zero-order chi connectivity index (χ0) is 39.3. The number of aromatic nitrogens is 2. The molecule has 0 saturated heterocycles. The summed E-state index contributed by atoms with van der Waals surface area (Å²) in [4.78, 5) is 10.3. The molecule has 8 aromatic carbocycles. The molecule has 0 fully saturated rings. The molecule has 0 amide bonds. The number of nitrogens with zero attached hydrogens (tertiary/aromatic N) is 2. The maximum absolute atomic E-state index is 5.17. The molecule has 0 aliphatic heterocycles. The summed E-state index contributed by atoms with van der Waals surface area (Å²) in [5, 5.41) is 2.58. The normalized spacial score (nSPS) is 14.2. The average Bonchev–Trinajstić information content (AvgIpc) is 3.82. The molecule has 10 aromatic rings. The van der Waals surface area contributed by atoms with Crippen molar-refractivity contribution in [3.8, 4) is 56.2 Å². The van der Waals surface area contributed by atoms with Crippen LogP contribution in [0.2, 0.25) is 0 Å². The van der Waals surface area contributed by atoms with E-state index < -0.39 is 5.41 Å². The molecule has 2 aliphatic rings. The molecule has 0 bridgehead atoms. The molecular weight excluding hydrogens is 733 g/mol. The van der Waals surface area contributed by atoms with Crippen LogP contribution in [0.3, 0.4) is 0 Å². The Morgan fingerprint density at radius 1 is 0.356 bits per heavy atom. The molecular formula is C56H38N2S. The third kappa shape index (κ3) is 4.98. The van der Waals surface area contributed by atoms with E-state index in [0.717, 1.165) is 33.9 Å². The van der Waals surface area contributed by atoms with E-state index in [9.17, 15) is 0 Å². The highest BCUT2D eigenvalue weighted by atomic mass is 32.1. The lowest BCUT2D eigenvalue weighted by Gasteiger charge is -2.46. The maximum Gasteiger partial charge on any atom is 0.160 e. The predicted molar refractivity (Wildman–Crippen MR) is 246 cm³/mol. The molecule has 0 N–H and O–H groups in total. The van der Waals surface area contributed by atoms with Crippen LogP contribution in [0.15, 0.2) is 194 Å². The first-order valence-corrected chi connectivity index (χ1v) is 21.2. The molecule has 3 heteroatoms. The first kappa shape index (κ1) is 34.1. The van der Waals surface area contributed by atoms with Gasteiger partial charge in [-0.3, -0.25) is 0 Å². The van der Waals surface area contributed by atoms with Crippen molar-refractivity contribution in [2.45, 2.75) is 24.7 Å². The summed E-state index contributed by atoms with van der Waals surface area (Å²) in [6.45, 7) is 4.76. The lowest BCUT2D eigenvalue weighted by Crippen LogP contribution is -2.40. The second kappa shape index (κ2) is 12.8. The van der Waals surface area contributed by atoms with Crippen molar-refractivity contribution < 1.29 is 0 Å². The number of rotatable bonds is 4. The third-order valence-electron chi connectivity index (χ3n) is 13.0. The van der Waals surface area contributed by atoms with Crippen LogP contribution in [0.1, 0.15) is 47.2 Å². The Balaban J connectivity index is 0.987. The van der Waals surface area contributed by atoms with Gasteiger partial charge in [-0.15, -0.1) is 11.3 Å². The van der Waals surface area contributed by atoms with Crippen molar-refractivity contribution >= 4 is 31.5 Å². The van der Waals surface area contributed by atoms with Crippen LogP contribution in [-0.4, -0.2) is 9.97 Å². The monoisotopic (exact) mass is 770 g/mol. The van der Waals surface area contributed by atoms with Gasteiger partial charge in [0.25, 0.3) is 0 Å². The summed E-state index contributed by atoms with van der Waals surface area (Å²) in [5.41, 5.74) is 17.6. The van der Waals surface area contributed by atoms with Gasteiger partial charge in [-0.25, -0.2) is 9.97 Å². The lowest BCUT2D eigenvalue weighted by atomic mass is 9.55. The van der Waals surface area contributed by atoms with Gasteiger partial charge in [-0.05, 0) is 79.9 Å². The Hall–Kier alpha value is -6.94. The van der Waals surface area contributed by atoms with E-state index in [1.807, 2.05) is 29.5 Å². The fourth-order valence-corrected chi connectivity index (χ4v) is 11.4. The Morgan fingerprint density at radius 3 is 1.64 bits per heavy atom. The molecule has 278 valence electrons. The molecule has 2 aromatic heterocycles. The fraction of sp³-hybridized carbons (Fsp3) is 0.0714. The number of hydrogen-bond donors (Lipinski definition) is 0. The maximum atomic E-state index is 5.17. The van der Waals surface area contributed by atoms with E-state index >= 15 is 0 Å². The number of thiophene rings is 1. The van der Waals surface area contributed by atoms with Crippen molar-refractivity contribution in [3.05, 3.63) is 228 Å². The molecule has 0 saturated carbocycles. The molecule has 2 heterocycles. The van der Waals surface area contributed by atoms with Gasteiger partial charge in [0.1, 0.15) is 0 Å². The summed E-state index contributed by atoms with van der Waals surface area (Å²) in [5.74, 6) is 0.721. The SMILES string of the molecule is CC1(C)c2ccccc2C2(c3ccccc3-c3ccc(-c4ccc(-c5cc(-c6ccc7c(c6)sc6ccccc67)nc(-c6ccccc6)n5)cc4)cc32)c2ccccc21.